The fourth-order valence-electron chi connectivity index (χ4n) is 3.51. The van der Waals surface area contributed by atoms with Crippen molar-refractivity contribution in [2.45, 2.75) is 37.9 Å². The van der Waals surface area contributed by atoms with Crippen molar-refractivity contribution in [1.29, 1.82) is 0 Å². The van der Waals surface area contributed by atoms with Crippen molar-refractivity contribution in [3.8, 4) is 11.3 Å². The predicted molar refractivity (Wildman–Crippen MR) is 106 cm³/mol. The number of hydrogen-bond acceptors (Lipinski definition) is 3. The number of aromatic nitrogens is 3. The molecule has 1 aliphatic carbocycles. The van der Waals surface area contributed by atoms with Crippen molar-refractivity contribution < 1.29 is 18.0 Å². The molecule has 0 atom stereocenters. The standard InChI is InChI=1S/C22H21F3N4O/c1-3-14-5-4-6-15(11-14)17-8-7-16(13-26-17)21(9-10-21)27-20(30)18-12-19(22(23,24)25)28-29(18)2/h4-8,11-13H,3,9-10H2,1-2H3,(H,27,30). The van der Waals surface area contributed by atoms with E-state index in [0.717, 1.165) is 34.0 Å². The first-order chi connectivity index (χ1) is 14.2. The molecule has 0 aliphatic heterocycles. The Hall–Kier alpha value is -3.16. The van der Waals surface area contributed by atoms with Crippen molar-refractivity contribution in [2.24, 2.45) is 7.05 Å². The van der Waals surface area contributed by atoms with E-state index in [1.54, 1.807) is 6.20 Å². The second-order valence-corrected chi connectivity index (χ2v) is 7.56. The number of rotatable bonds is 5. The van der Waals surface area contributed by atoms with Crippen LogP contribution in [0.1, 0.15) is 47.1 Å². The van der Waals surface area contributed by atoms with Gasteiger partial charge in [0.05, 0.1) is 11.2 Å². The fourth-order valence-corrected chi connectivity index (χ4v) is 3.51. The van der Waals surface area contributed by atoms with Crippen molar-refractivity contribution in [3.63, 3.8) is 0 Å². The molecule has 8 heteroatoms. The summed E-state index contributed by atoms with van der Waals surface area (Å²) >= 11 is 0. The summed E-state index contributed by atoms with van der Waals surface area (Å²) in [6.07, 6.45) is -0.525. The second-order valence-electron chi connectivity index (χ2n) is 7.56. The molecule has 3 aromatic rings. The largest absolute Gasteiger partial charge is 0.435 e. The molecule has 156 valence electrons. The molecule has 0 bridgehead atoms. The Morgan fingerprint density at radius 2 is 1.97 bits per heavy atom. The first-order valence-electron chi connectivity index (χ1n) is 9.71. The molecular weight excluding hydrogens is 393 g/mol. The number of carbonyl (C=O) groups excluding carboxylic acids is 1. The molecule has 1 aromatic carbocycles. The normalized spacial score (nSPS) is 15.1. The van der Waals surface area contributed by atoms with E-state index < -0.39 is 23.3 Å². The highest BCUT2D eigenvalue weighted by Gasteiger charge is 2.46. The number of nitrogens with one attached hydrogen (secondary N) is 1. The van der Waals surface area contributed by atoms with Crippen LogP contribution in [0.5, 0.6) is 0 Å². The monoisotopic (exact) mass is 414 g/mol. The molecule has 0 unspecified atom stereocenters. The van der Waals surface area contributed by atoms with Gasteiger partial charge in [0.1, 0.15) is 5.69 Å². The van der Waals surface area contributed by atoms with E-state index in [2.05, 4.69) is 34.5 Å². The number of pyridine rings is 1. The molecule has 0 spiro atoms. The van der Waals surface area contributed by atoms with Crippen LogP contribution in [0.25, 0.3) is 11.3 Å². The maximum absolute atomic E-state index is 12.9. The summed E-state index contributed by atoms with van der Waals surface area (Å²) in [7, 11) is 1.32. The Morgan fingerprint density at radius 1 is 1.20 bits per heavy atom. The summed E-state index contributed by atoms with van der Waals surface area (Å²) in [4.78, 5) is 17.2. The summed E-state index contributed by atoms with van der Waals surface area (Å²) in [6, 6.07) is 12.7. The number of amides is 1. The Balaban J connectivity index is 1.53. The summed E-state index contributed by atoms with van der Waals surface area (Å²) in [5.41, 5.74) is 2.09. The van der Waals surface area contributed by atoms with Gasteiger partial charge in [0.2, 0.25) is 0 Å². The molecule has 1 fully saturated rings. The third-order valence-corrected chi connectivity index (χ3v) is 5.45. The van der Waals surface area contributed by atoms with E-state index in [1.807, 2.05) is 24.3 Å². The van der Waals surface area contributed by atoms with Crippen LogP contribution < -0.4 is 5.32 Å². The summed E-state index contributed by atoms with van der Waals surface area (Å²) in [5.74, 6) is -0.585. The van der Waals surface area contributed by atoms with Gasteiger partial charge in [-0.25, -0.2) is 0 Å². The Kier molecular flexibility index (Phi) is 4.88. The van der Waals surface area contributed by atoms with Crippen LogP contribution in [0.15, 0.2) is 48.7 Å². The average molecular weight is 414 g/mol. The number of hydrogen-bond donors (Lipinski definition) is 1. The van der Waals surface area contributed by atoms with Gasteiger partial charge in [0.25, 0.3) is 5.91 Å². The van der Waals surface area contributed by atoms with E-state index in [4.69, 9.17) is 0 Å². The van der Waals surface area contributed by atoms with Gasteiger partial charge in [-0.3, -0.25) is 14.5 Å². The van der Waals surface area contributed by atoms with Crippen LogP contribution in [0.4, 0.5) is 13.2 Å². The van der Waals surface area contributed by atoms with Gasteiger partial charge in [0.15, 0.2) is 5.69 Å². The van der Waals surface area contributed by atoms with E-state index >= 15 is 0 Å². The molecule has 30 heavy (non-hydrogen) atoms. The highest BCUT2D eigenvalue weighted by atomic mass is 19.4. The number of alkyl halides is 3. The van der Waals surface area contributed by atoms with Crippen LogP contribution in [-0.2, 0) is 25.2 Å². The van der Waals surface area contributed by atoms with E-state index in [1.165, 1.54) is 12.6 Å². The molecule has 2 aromatic heterocycles. The molecule has 1 N–H and O–H groups in total. The highest BCUT2D eigenvalue weighted by molar-refractivity contribution is 5.93. The fraction of sp³-hybridized carbons (Fsp3) is 0.318. The van der Waals surface area contributed by atoms with Crippen LogP contribution >= 0.6 is 0 Å². The molecule has 1 saturated carbocycles. The van der Waals surface area contributed by atoms with Crippen LogP contribution in [-0.4, -0.2) is 20.7 Å². The molecule has 1 amide bonds. The lowest BCUT2D eigenvalue weighted by Crippen LogP contribution is -2.36. The molecule has 1 aliphatic rings. The van der Waals surface area contributed by atoms with Gasteiger partial charge in [-0.1, -0.05) is 31.2 Å². The predicted octanol–water partition coefficient (Wildman–Crippen LogP) is 4.48. The maximum Gasteiger partial charge on any atom is 0.435 e. The van der Waals surface area contributed by atoms with Gasteiger partial charge >= 0.3 is 6.18 Å². The minimum Gasteiger partial charge on any atom is -0.341 e. The zero-order valence-corrected chi connectivity index (χ0v) is 16.6. The lowest BCUT2D eigenvalue weighted by molar-refractivity contribution is -0.141. The first-order valence-corrected chi connectivity index (χ1v) is 9.71. The van der Waals surface area contributed by atoms with Crippen LogP contribution in [0.3, 0.4) is 0 Å². The van der Waals surface area contributed by atoms with Crippen molar-refractivity contribution in [2.75, 3.05) is 0 Å². The zero-order chi connectivity index (χ0) is 21.5. The third-order valence-electron chi connectivity index (χ3n) is 5.45. The maximum atomic E-state index is 12.9. The minimum atomic E-state index is -4.59. The third kappa shape index (κ3) is 3.81. The summed E-state index contributed by atoms with van der Waals surface area (Å²) < 4.78 is 39.6. The number of carbonyl (C=O) groups is 1. The number of nitrogens with zero attached hydrogens (tertiary/aromatic N) is 3. The second kappa shape index (κ2) is 7.27. The van der Waals surface area contributed by atoms with Gasteiger partial charge in [0, 0.05) is 24.9 Å². The Bertz CT molecular complexity index is 1080. The summed E-state index contributed by atoms with van der Waals surface area (Å²) in [6.45, 7) is 2.09. The van der Waals surface area contributed by atoms with Crippen molar-refractivity contribution >= 4 is 5.91 Å². The minimum absolute atomic E-state index is 0.130. The SMILES string of the molecule is CCc1cccc(-c2ccc(C3(NC(=O)c4cc(C(F)(F)F)nn4C)CC3)cn2)c1. The van der Waals surface area contributed by atoms with Gasteiger partial charge < -0.3 is 5.32 Å². The molecule has 0 radical (unpaired) electrons. The Morgan fingerprint density at radius 3 is 2.53 bits per heavy atom. The lowest BCUT2D eigenvalue weighted by atomic mass is 10.0. The zero-order valence-electron chi connectivity index (χ0n) is 16.6. The summed E-state index contributed by atoms with van der Waals surface area (Å²) in [5, 5.41) is 6.28. The van der Waals surface area contributed by atoms with E-state index in [0.29, 0.717) is 12.8 Å². The van der Waals surface area contributed by atoms with Gasteiger partial charge in [-0.15, -0.1) is 0 Å². The van der Waals surface area contributed by atoms with Crippen LogP contribution in [0.2, 0.25) is 0 Å². The molecule has 0 saturated heterocycles. The molecule has 5 nitrogen and oxygen atoms in total. The van der Waals surface area contributed by atoms with Crippen molar-refractivity contribution in [1.82, 2.24) is 20.1 Å². The first kappa shape index (κ1) is 20.1. The van der Waals surface area contributed by atoms with Crippen molar-refractivity contribution in [3.05, 3.63) is 71.2 Å². The Labute approximate surface area is 171 Å². The van der Waals surface area contributed by atoms with Gasteiger partial charge in [-0.05, 0) is 42.5 Å². The molecule has 4 rings (SSSR count). The number of aryl methyl sites for hydroxylation is 2. The topological polar surface area (TPSA) is 59.8 Å². The van der Waals surface area contributed by atoms with Gasteiger partial charge in [-0.2, -0.15) is 18.3 Å². The van der Waals surface area contributed by atoms with E-state index in [-0.39, 0.29) is 5.69 Å². The quantitative estimate of drug-likeness (QED) is 0.670. The molecular formula is C22H21F3N4O. The highest BCUT2D eigenvalue weighted by Crippen LogP contribution is 2.45. The average Bonchev–Trinajstić information content (AvgIpc) is 3.39. The smallest absolute Gasteiger partial charge is 0.341 e. The lowest BCUT2D eigenvalue weighted by Gasteiger charge is -2.18. The van der Waals surface area contributed by atoms with Crippen LogP contribution in [0, 0.1) is 0 Å². The number of halogens is 3. The molecule has 2 heterocycles. The number of benzene rings is 1. The van der Waals surface area contributed by atoms with E-state index in [9.17, 15) is 18.0 Å².